The first kappa shape index (κ1) is 17.3. The lowest BCUT2D eigenvalue weighted by molar-refractivity contribution is 1.02. The molecular formula is C25H20N4. The van der Waals surface area contributed by atoms with E-state index in [0.717, 1.165) is 56.5 Å². The van der Waals surface area contributed by atoms with Crippen molar-refractivity contribution in [1.82, 2.24) is 10.4 Å². The highest BCUT2D eigenvalue weighted by atomic mass is 15.3. The maximum Gasteiger partial charge on any atom is 0.154 e. The number of hydrazone groups is 1. The van der Waals surface area contributed by atoms with Crippen LogP contribution in [0.5, 0.6) is 0 Å². The van der Waals surface area contributed by atoms with Crippen LogP contribution in [-0.2, 0) is 0 Å². The van der Waals surface area contributed by atoms with Crippen molar-refractivity contribution in [2.24, 2.45) is 10.1 Å². The minimum absolute atomic E-state index is 0.754. The highest BCUT2D eigenvalue weighted by Gasteiger charge is 2.20. The summed E-state index contributed by atoms with van der Waals surface area (Å²) in [6, 6.07) is 22.6. The molecule has 0 amide bonds. The quantitative estimate of drug-likeness (QED) is 0.584. The first-order valence-electron chi connectivity index (χ1n) is 9.65. The fraction of sp³-hybridized carbons (Fsp3) is 0.0800. The number of amidine groups is 1. The second-order valence-corrected chi connectivity index (χ2v) is 7.20. The molecule has 0 radical (unpaired) electrons. The topological polar surface area (TPSA) is 49.6 Å². The predicted octanol–water partition coefficient (Wildman–Crippen LogP) is 5.23. The molecule has 2 aliphatic heterocycles. The van der Waals surface area contributed by atoms with E-state index in [1.165, 1.54) is 0 Å². The van der Waals surface area contributed by atoms with E-state index >= 15 is 0 Å². The molecule has 0 saturated carbocycles. The number of nitrogens with zero attached hydrogens (tertiary/aromatic N) is 3. The number of pyridine rings is 1. The van der Waals surface area contributed by atoms with E-state index in [2.05, 4.69) is 53.9 Å². The van der Waals surface area contributed by atoms with Crippen LogP contribution < -0.4 is 5.43 Å². The normalized spacial score (nSPS) is 15.0. The van der Waals surface area contributed by atoms with E-state index in [-0.39, 0.29) is 0 Å². The van der Waals surface area contributed by atoms with Gasteiger partial charge in [0.1, 0.15) is 0 Å². The summed E-state index contributed by atoms with van der Waals surface area (Å²) in [6.45, 7) is 4.13. The Bertz CT molecular complexity index is 1240. The number of aromatic nitrogens is 1. The standard InChI is InChI=1S/C25H20N4/c1-16-14-18-8-7-9-19(26-18)15-24-22-12-5-6-13-23(22)25(27-24)29-28-17(2)21-11-4-3-10-20(16)21/h3-15H,1-2H3,(H,27,29). The van der Waals surface area contributed by atoms with E-state index in [1.54, 1.807) is 0 Å². The molecule has 2 aromatic carbocycles. The minimum Gasteiger partial charge on any atom is -0.261 e. The van der Waals surface area contributed by atoms with Crippen molar-refractivity contribution in [1.29, 1.82) is 0 Å². The van der Waals surface area contributed by atoms with Crippen molar-refractivity contribution in [3.63, 3.8) is 0 Å². The van der Waals surface area contributed by atoms with Crippen molar-refractivity contribution in [2.45, 2.75) is 13.8 Å². The summed E-state index contributed by atoms with van der Waals surface area (Å²) >= 11 is 0. The van der Waals surface area contributed by atoms with Crippen LogP contribution in [0.3, 0.4) is 0 Å². The first-order chi connectivity index (χ1) is 14.2. The van der Waals surface area contributed by atoms with Crippen LogP contribution in [0.25, 0.3) is 23.4 Å². The fourth-order valence-electron chi connectivity index (χ4n) is 3.76. The highest BCUT2D eigenvalue weighted by Crippen LogP contribution is 2.30. The molecule has 0 aliphatic carbocycles. The van der Waals surface area contributed by atoms with Crippen LogP contribution in [0.4, 0.5) is 0 Å². The van der Waals surface area contributed by atoms with Crippen molar-refractivity contribution in [3.05, 3.63) is 100 Å². The third-order valence-corrected chi connectivity index (χ3v) is 5.20. The molecule has 140 valence electrons. The number of hydrogen-bond acceptors (Lipinski definition) is 4. The minimum atomic E-state index is 0.754. The number of nitrogens with one attached hydrogen (secondary N) is 1. The molecule has 0 spiro atoms. The van der Waals surface area contributed by atoms with E-state index in [9.17, 15) is 0 Å². The van der Waals surface area contributed by atoms with Crippen LogP contribution in [0, 0.1) is 0 Å². The van der Waals surface area contributed by atoms with Gasteiger partial charge >= 0.3 is 0 Å². The third kappa shape index (κ3) is 3.19. The SMILES string of the molecule is CC1=Cc2cccc(n2)C=C2N=C(NN=C(C)c3ccccc31)c1ccccc12. The summed E-state index contributed by atoms with van der Waals surface area (Å²) in [4.78, 5) is 9.63. The van der Waals surface area contributed by atoms with Crippen molar-refractivity contribution in [2.75, 3.05) is 0 Å². The van der Waals surface area contributed by atoms with Crippen molar-refractivity contribution >= 4 is 35.0 Å². The first-order valence-corrected chi connectivity index (χ1v) is 9.65. The van der Waals surface area contributed by atoms with Gasteiger partial charge in [-0.05, 0) is 49.3 Å². The molecular weight excluding hydrogens is 356 g/mol. The molecule has 4 nitrogen and oxygen atoms in total. The van der Waals surface area contributed by atoms with E-state index in [4.69, 9.17) is 9.98 Å². The molecule has 0 unspecified atom stereocenters. The van der Waals surface area contributed by atoms with Gasteiger partial charge in [-0.25, -0.2) is 9.98 Å². The molecule has 1 aromatic heterocycles. The lowest BCUT2D eigenvalue weighted by Gasteiger charge is -2.11. The molecule has 0 atom stereocenters. The monoisotopic (exact) mass is 376 g/mol. The van der Waals surface area contributed by atoms with Crippen LogP contribution in [-0.4, -0.2) is 16.5 Å². The molecule has 0 saturated heterocycles. The Morgan fingerprint density at radius 2 is 1.31 bits per heavy atom. The Hall–Kier alpha value is -3.79. The molecule has 3 heterocycles. The van der Waals surface area contributed by atoms with Crippen LogP contribution in [0.1, 0.15) is 47.5 Å². The predicted molar refractivity (Wildman–Crippen MR) is 120 cm³/mol. The zero-order chi connectivity index (χ0) is 19.8. The summed E-state index contributed by atoms with van der Waals surface area (Å²) in [5.74, 6) is 0.754. The average Bonchev–Trinajstić information content (AvgIpc) is 3.09. The van der Waals surface area contributed by atoms with Gasteiger partial charge in [0, 0.05) is 16.7 Å². The number of benzene rings is 2. The Kier molecular flexibility index (Phi) is 4.17. The van der Waals surface area contributed by atoms with E-state index in [0.29, 0.717) is 0 Å². The lowest BCUT2D eigenvalue weighted by atomic mass is 9.97. The Morgan fingerprint density at radius 1 is 0.655 bits per heavy atom. The largest absolute Gasteiger partial charge is 0.261 e. The average molecular weight is 376 g/mol. The van der Waals surface area contributed by atoms with Gasteiger partial charge in [-0.1, -0.05) is 54.6 Å². The molecule has 0 fully saturated rings. The lowest BCUT2D eigenvalue weighted by Crippen LogP contribution is -2.19. The maximum absolute atomic E-state index is 4.82. The number of hydrogen-bond donors (Lipinski definition) is 1. The summed E-state index contributed by atoms with van der Waals surface area (Å²) in [7, 11) is 0. The number of allylic oxidation sites excluding steroid dienone is 1. The second-order valence-electron chi connectivity index (χ2n) is 7.20. The molecule has 4 heteroatoms. The van der Waals surface area contributed by atoms with Gasteiger partial charge < -0.3 is 0 Å². The third-order valence-electron chi connectivity index (χ3n) is 5.20. The molecule has 2 aliphatic rings. The zero-order valence-corrected chi connectivity index (χ0v) is 16.3. The number of rotatable bonds is 0. The highest BCUT2D eigenvalue weighted by molar-refractivity contribution is 6.13. The second kappa shape index (κ2) is 6.99. The van der Waals surface area contributed by atoms with E-state index < -0.39 is 0 Å². The summed E-state index contributed by atoms with van der Waals surface area (Å²) in [6.07, 6.45) is 4.14. The van der Waals surface area contributed by atoms with Gasteiger partial charge in [0.05, 0.1) is 22.8 Å². The van der Waals surface area contributed by atoms with Gasteiger partial charge in [0.2, 0.25) is 0 Å². The Labute approximate surface area is 170 Å². The summed E-state index contributed by atoms with van der Waals surface area (Å²) in [5.41, 5.74) is 12.3. The van der Waals surface area contributed by atoms with Crippen LogP contribution >= 0.6 is 0 Å². The summed E-state index contributed by atoms with van der Waals surface area (Å²) < 4.78 is 0. The van der Waals surface area contributed by atoms with Crippen LogP contribution in [0.15, 0.2) is 76.8 Å². The molecule has 5 rings (SSSR count). The molecule has 4 bridgehead atoms. The molecule has 3 aromatic rings. The fourth-order valence-corrected chi connectivity index (χ4v) is 3.76. The zero-order valence-electron chi connectivity index (χ0n) is 16.3. The van der Waals surface area contributed by atoms with Gasteiger partial charge in [-0.15, -0.1) is 0 Å². The summed E-state index contributed by atoms with van der Waals surface area (Å²) in [5, 5.41) is 4.66. The van der Waals surface area contributed by atoms with Crippen molar-refractivity contribution in [3.8, 4) is 0 Å². The smallest absolute Gasteiger partial charge is 0.154 e. The van der Waals surface area contributed by atoms with Crippen LogP contribution in [0.2, 0.25) is 0 Å². The Morgan fingerprint density at radius 3 is 2.10 bits per heavy atom. The van der Waals surface area contributed by atoms with Crippen molar-refractivity contribution < 1.29 is 0 Å². The van der Waals surface area contributed by atoms with Gasteiger partial charge in [-0.3, -0.25) is 5.43 Å². The van der Waals surface area contributed by atoms with E-state index in [1.807, 2.05) is 49.4 Å². The number of fused-ring (bicyclic) bond motifs is 7. The number of aliphatic imine (C=N–C) groups is 1. The maximum atomic E-state index is 4.82. The molecule has 1 N–H and O–H groups in total. The molecule has 29 heavy (non-hydrogen) atoms. The Balaban J connectivity index is 1.75. The van der Waals surface area contributed by atoms with Gasteiger partial charge in [0.15, 0.2) is 5.84 Å². The van der Waals surface area contributed by atoms with Gasteiger partial charge in [0.25, 0.3) is 0 Å². The van der Waals surface area contributed by atoms with Gasteiger partial charge in [-0.2, -0.15) is 5.10 Å².